The Hall–Kier alpha value is -1.88. The molecule has 100 valence electrons. The number of rotatable bonds is 2. The van der Waals surface area contributed by atoms with E-state index in [9.17, 15) is 9.59 Å². The Balaban J connectivity index is 1.75. The Bertz CT molecular complexity index is 521. The number of benzene rings is 1. The summed E-state index contributed by atoms with van der Waals surface area (Å²) in [6.45, 7) is 1.44. The summed E-state index contributed by atoms with van der Waals surface area (Å²) in [5.74, 6) is -0.551. The lowest BCUT2D eigenvalue weighted by molar-refractivity contribution is -0.124. The second-order valence-electron chi connectivity index (χ2n) is 5.06. The number of piperidine rings is 1. The molecule has 1 amide bonds. The monoisotopic (exact) mass is 260 g/mol. The van der Waals surface area contributed by atoms with Gasteiger partial charge in [-0.15, -0.1) is 0 Å². The van der Waals surface area contributed by atoms with Crippen LogP contribution in [0.25, 0.3) is 0 Å². The van der Waals surface area contributed by atoms with Gasteiger partial charge in [-0.2, -0.15) is 0 Å². The SMILES string of the molecule is NC(=O)C1CCN([C@@H]2OC(=O)c3ccccc32)CC1. The molecule has 19 heavy (non-hydrogen) atoms. The van der Waals surface area contributed by atoms with E-state index in [1.54, 1.807) is 6.07 Å². The van der Waals surface area contributed by atoms with Crippen LogP contribution in [-0.2, 0) is 9.53 Å². The lowest BCUT2D eigenvalue weighted by Gasteiger charge is -2.33. The molecule has 2 aliphatic heterocycles. The molecule has 5 nitrogen and oxygen atoms in total. The molecule has 1 aromatic carbocycles. The molecule has 0 bridgehead atoms. The molecule has 0 radical (unpaired) electrons. The van der Waals surface area contributed by atoms with E-state index in [4.69, 9.17) is 10.5 Å². The largest absolute Gasteiger partial charge is 0.438 e. The first kappa shape index (κ1) is 12.2. The minimum atomic E-state index is -0.308. The number of nitrogens with zero attached hydrogens (tertiary/aromatic N) is 1. The molecule has 0 saturated carbocycles. The Morgan fingerprint density at radius 1 is 1.26 bits per heavy atom. The number of likely N-dealkylation sites (tertiary alicyclic amines) is 1. The van der Waals surface area contributed by atoms with Crippen LogP contribution < -0.4 is 5.73 Å². The number of cyclic esters (lactones) is 1. The molecule has 2 heterocycles. The van der Waals surface area contributed by atoms with E-state index in [-0.39, 0.29) is 24.0 Å². The molecule has 1 atom stereocenters. The maximum absolute atomic E-state index is 11.8. The van der Waals surface area contributed by atoms with E-state index in [0.717, 1.165) is 31.5 Å². The van der Waals surface area contributed by atoms with Crippen LogP contribution in [0.4, 0.5) is 0 Å². The molecule has 1 saturated heterocycles. The number of nitrogens with two attached hydrogens (primary N) is 1. The van der Waals surface area contributed by atoms with Crippen molar-refractivity contribution < 1.29 is 14.3 Å². The van der Waals surface area contributed by atoms with Crippen LogP contribution in [0.2, 0.25) is 0 Å². The number of hydrogen-bond acceptors (Lipinski definition) is 4. The van der Waals surface area contributed by atoms with Crippen molar-refractivity contribution in [3.05, 3.63) is 35.4 Å². The molecule has 0 aromatic heterocycles. The number of carbonyl (C=O) groups excluding carboxylic acids is 2. The van der Waals surface area contributed by atoms with Crippen LogP contribution >= 0.6 is 0 Å². The summed E-state index contributed by atoms with van der Waals surface area (Å²) in [6, 6.07) is 7.45. The van der Waals surface area contributed by atoms with Gasteiger partial charge in [0.2, 0.25) is 5.91 Å². The second-order valence-corrected chi connectivity index (χ2v) is 5.06. The Morgan fingerprint density at radius 2 is 1.95 bits per heavy atom. The zero-order valence-corrected chi connectivity index (χ0v) is 10.5. The zero-order valence-electron chi connectivity index (χ0n) is 10.5. The molecule has 3 rings (SSSR count). The summed E-state index contributed by atoms with van der Waals surface area (Å²) in [6.07, 6.45) is 1.15. The number of carbonyl (C=O) groups is 2. The van der Waals surface area contributed by atoms with Crippen LogP contribution in [0.3, 0.4) is 0 Å². The molecular weight excluding hydrogens is 244 g/mol. The summed E-state index contributed by atoms with van der Waals surface area (Å²) < 4.78 is 5.44. The van der Waals surface area contributed by atoms with Crippen LogP contribution in [0.1, 0.15) is 35.0 Å². The fraction of sp³-hybridized carbons (Fsp3) is 0.429. The van der Waals surface area contributed by atoms with E-state index >= 15 is 0 Å². The summed E-state index contributed by atoms with van der Waals surface area (Å²) in [5.41, 5.74) is 6.89. The van der Waals surface area contributed by atoms with Crippen molar-refractivity contribution in [2.24, 2.45) is 11.7 Å². The van der Waals surface area contributed by atoms with Gasteiger partial charge in [-0.1, -0.05) is 18.2 Å². The fourth-order valence-corrected chi connectivity index (χ4v) is 2.82. The van der Waals surface area contributed by atoms with E-state index in [0.29, 0.717) is 5.56 Å². The summed E-state index contributed by atoms with van der Waals surface area (Å²) in [4.78, 5) is 25.0. The zero-order chi connectivity index (χ0) is 13.4. The molecule has 0 unspecified atom stereocenters. The predicted octanol–water partition coefficient (Wildman–Crippen LogP) is 1.05. The van der Waals surface area contributed by atoms with Gasteiger partial charge in [0.1, 0.15) is 0 Å². The number of ether oxygens (including phenoxy) is 1. The minimum absolute atomic E-state index is 0.0522. The molecule has 0 aliphatic carbocycles. The molecule has 2 aliphatic rings. The first-order valence-corrected chi connectivity index (χ1v) is 6.50. The molecular formula is C14H16N2O3. The fourth-order valence-electron chi connectivity index (χ4n) is 2.82. The summed E-state index contributed by atoms with van der Waals surface area (Å²) in [7, 11) is 0. The molecule has 2 N–H and O–H groups in total. The summed E-state index contributed by atoms with van der Waals surface area (Å²) >= 11 is 0. The van der Waals surface area contributed by atoms with Crippen LogP contribution in [0.5, 0.6) is 0 Å². The van der Waals surface area contributed by atoms with Gasteiger partial charge in [0.05, 0.1) is 5.56 Å². The van der Waals surface area contributed by atoms with Gasteiger partial charge in [-0.3, -0.25) is 9.69 Å². The van der Waals surface area contributed by atoms with Crippen LogP contribution in [0.15, 0.2) is 24.3 Å². The standard InChI is InChI=1S/C14H16N2O3/c15-12(17)9-5-7-16(8-6-9)13-10-3-1-2-4-11(10)14(18)19-13/h1-4,9,13H,5-8H2,(H2,15,17)/t13-/m1/s1. The topological polar surface area (TPSA) is 72.6 Å². The number of hydrogen-bond donors (Lipinski definition) is 1. The number of fused-ring (bicyclic) bond motifs is 1. The number of amides is 1. The first-order chi connectivity index (χ1) is 9.16. The highest BCUT2D eigenvalue weighted by molar-refractivity contribution is 5.93. The normalized spacial score (nSPS) is 24.0. The Labute approximate surface area is 111 Å². The van der Waals surface area contributed by atoms with Crippen molar-refractivity contribution >= 4 is 11.9 Å². The van der Waals surface area contributed by atoms with Crippen molar-refractivity contribution in [3.8, 4) is 0 Å². The van der Waals surface area contributed by atoms with Crippen molar-refractivity contribution in [1.82, 2.24) is 4.90 Å². The Morgan fingerprint density at radius 3 is 2.63 bits per heavy atom. The molecule has 5 heteroatoms. The van der Waals surface area contributed by atoms with E-state index in [1.807, 2.05) is 18.2 Å². The maximum atomic E-state index is 11.8. The number of primary amides is 1. The van der Waals surface area contributed by atoms with Crippen molar-refractivity contribution in [2.45, 2.75) is 19.1 Å². The molecule has 1 aromatic rings. The van der Waals surface area contributed by atoms with E-state index < -0.39 is 0 Å². The van der Waals surface area contributed by atoms with Crippen molar-refractivity contribution in [3.63, 3.8) is 0 Å². The van der Waals surface area contributed by atoms with Crippen LogP contribution in [0, 0.1) is 5.92 Å². The maximum Gasteiger partial charge on any atom is 0.340 e. The molecule has 1 fully saturated rings. The smallest absolute Gasteiger partial charge is 0.340 e. The highest BCUT2D eigenvalue weighted by Crippen LogP contribution is 2.35. The Kier molecular flexibility index (Phi) is 2.98. The summed E-state index contributed by atoms with van der Waals surface area (Å²) in [5, 5.41) is 0. The van der Waals surface area contributed by atoms with Gasteiger partial charge in [0.25, 0.3) is 0 Å². The third-order valence-electron chi connectivity index (χ3n) is 3.93. The van der Waals surface area contributed by atoms with Gasteiger partial charge in [-0.05, 0) is 18.9 Å². The van der Waals surface area contributed by atoms with E-state index in [2.05, 4.69) is 4.90 Å². The lowest BCUT2D eigenvalue weighted by Crippen LogP contribution is -2.40. The van der Waals surface area contributed by atoms with Crippen LogP contribution in [-0.4, -0.2) is 29.9 Å². The van der Waals surface area contributed by atoms with Gasteiger partial charge in [0.15, 0.2) is 6.23 Å². The number of esters is 1. The lowest BCUT2D eigenvalue weighted by atomic mass is 9.95. The van der Waals surface area contributed by atoms with Gasteiger partial charge in [0, 0.05) is 24.6 Å². The average Bonchev–Trinajstić information content (AvgIpc) is 2.77. The van der Waals surface area contributed by atoms with E-state index in [1.165, 1.54) is 0 Å². The predicted molar refractivity (Wildman–Crippen MR) is 68.1 cm³/mol. The van der Waals surface area contributed by atoms with Gasteiger partial charge >= 0.3 is 5.97 Å². The van der Waals surface area contributed by atoms with Gasteiger partial charge < -0.3 is 10.5 Å². The van der Waals surface area contributed by atoms with Crippen molar-refractivity contribution in [2.75, 3.05) is 13.1 Å². The quantitative estimate of drug-likeness (QED) is 0.807. The molecule has 0 spiro atoms. The highest BCUT2D eigenvalue weighted by atomic mass is 16.6. The average molecular weight is 260 g/mol. The highest BCUT2D eigenvalue weighted by Gasteiger charge is 2.37. The van der Waals surface area contributed by atoms with Crippen molar-refractivity contribution in [1.29, 1.82) is 0 Å². The first-order valence-electron chi connectivity index (χ1n) is 6.50. The second kappa shape index (κ2) is 4.66. The third kappa shape index (κ3) is 2.10. The minimum Gasteiger partial charge on any atom is -0.438 e. The third-order valence-corrected chi connectivity index (χ3v) is 3.93. The van der Waals surface area contributed by atoms with Gasteiger partial charge in [-0.25, -0.2) is 4.79 Å².